The van der Waals surface area contributed by atoms with Crippen LogP contribution < -0.4 is 16.4 Å². The van der Waals surface area contributed by atoms with Crippen molar-refractivity contribution in [1.82, 2.24) is 4.98 Å². The molecule has 1 fully saturated rings. The van der Waals surface area contributed by atoms with Gasteiger partial charge in [-0.3, -0.25) is 9.59 Å². The molecule has 1 saturated carbocycles. The highest BCUT2D eigenvalue weighted by Crippen LogP contribution is 2.65. The number of benzene rings is 2. The lowest BCUT2D eigenvalue weighted by Crippen LogP contribution is -2.18. The topological polar surface area (TPSA) is 121 Å². The van der Waals surface area contributed by atoms with Gasteiger partial charge in [-0.05, 0) is 54.1 Å². The zero-order valence-electron chi connectivity index (χ0n) is 17.5. The average molecular weight is 570 g/mol. The van der Waals surface area contributed by atoms with Crippen molar-refractivity contribution in [2.24, 2.45) is 5.92 Å². The molecule has 1 heterocycles. The molecule has 0 bridgehead atoms. The van der Waals surface area contributed by atoms with E-state index >= 15 is 0 Å². The quantitative estimate of drug-likeness (QED) is 0.313. The van der Waals surface area contributed by atoms with Crippen LogP contribution in [0.4, 0.5) is 17.3 Å². The highest BCUT2D eigenvalue weighted by atomic mass is 35.5. The first-order valence-electron chi connectivity index (χ1n) is 9.93. The third-order valence-electron chi connectivity index (χ3n) is 5.35. The Labute approximate surface area is 225 Å². The maximum atomic E-state index is 13.0. The lowest BCUT2D eigenvalue weighted by Gasteiger charge is -2.10. The van der Waals surface area contributed by atoms with Crippen molar-refractivity contribution in [2.45, 2.75) is 10.3 Å². The van der Waals surface area contributed by atoms with Crippen LogP contribution in [0.2, 0.25) is 15.1 Å². The summed E-state index contributed by atoms with van der Waals surface area (Å²) in [6.45, 7) is 0. The van der Waals surface area contributed by atoms with Crippen molar-refractivity contribution >= 4 is 87.1 Å². The summed E-state index contributed by atoms with van der Waals surface area (Å²) < 4.78 is -1.36. The van der Waals surface area contributed by atoms with E-state index in [2.05, 4.69) is 15.6 Å². The molecule has 2 atom stereocenters. The number of pyridine rings is 1. The standard InChI is InChI=1S/C23H14Cl5N5O2/c24-12-5-11(6-13(25)7-12)18-19(23(18,27)28)22(35)31-14-2-3-16(26)15(8-14)21(34)33-17-4-1-10(9-29)20(30)32-17/h1-8,18-19H,(H,31,35)(H3,30,32,33,34)/t18-,19+/m0/s1. The molecule has 0 radical (unpaired) electrons. The van der Waals surface area contributed by atoms with Crippen LogP contribution in [0.15, 0.2) is 48.5 Å². The number of nitrogens with one attached hydrogen (secondary N) is 2. The number of carbonyl (C=O) groups excluding carboxylic acids is 2. The number of anilines is 3. The summed E-state index contributed by atoms with van der Waals surface area (Å²) in [6.07, 6.45) is 0. The predicted octanol–water partition coefficient (Wildman–Crippen LogP) is 6.27. The fourth-order valence-electron chi connectivity index (χ4n) is 3.64. The van der Waals surface area contributed by atoms with E-state index in [0.29, 0.717) is 21.3 Å². The minimum absolute atomic E-state index is 0.0250. The molecule has 4 N–H and O–H groups in total. The van der Waals surface area contributed by atoms with Crippen LogP contribution in [-0.4, -0.2) is 21.1 Å². The number of nitrogens with zero attached hydrogens (tertiary/aromatic N) is 2. The van der Waals surface area contributed by atoms with Crippen LogP contribution >= 0.6 is 58.0 Å². The molecule has 1 aromatic heterocycles. The van der Waals surface area contributed by atoms with Gasteiger partial charge in [0.2, 0.25) is 5.91 Å². The maximum Gasteiger partial charge on any atom is 0.258 e. The van der Waals surface area contributed by atoms with Crippen molar-refractivity contribution < 1.29 is 9.59 Å². The van der Waals surface area contributed by atoms with Gasteiger partial charge in [-0.1, -0.05) is 34.8 Å². The molecule has 0 unspecified atom stereocenters. The minimum Gasteiger partial charge on any atom is -0.383 e. The lowest BCUT2D eigenvalue weighted by atomic mass is 10.1. The molecular formula is C23H14Cl5N5O2. The molecule has 0 aliphatic heterocycles. The summed E-state index contributed by atoms with van der Waals surface area (Å²) in [4.78, 5) is 29.7. The van der Waals surface area contributed by atoms with E-state index in [1.54, 1.807) is 18.2 Å². The largest absolute Gasteiger partial charge is 0.383 e. The van der Waals surface area contributed by atoms with Gasteiger partial charge in [0, 0.05) is 21.7 Å². The van der Waals surface area contributed by atoms with Gasteiger partial charge in [-0.2, -0.15) is 5.26 Å². The molecule has 178 valence electrons. The normalized spacial score (nSPS) is 17.8. The zero-order chi connectivity index (χ0) is 25.5. The fourth-order valence-corrected chi connectivity index (χ4v) is 5.22. The Balaban J connectivity index is 1.51. The number of hydrogen-bond donors (Lipinski definition) is 3. The van der Waals surface area contributed by atoms with E-state index in [9.17, 15) is 9.59 Å². The second kappa shape index (κ2) is 9.73. The minimum atomic E-state index is -1.36. The molecular weight excluding hydrogens is 556 g/mol. The highest BCUT2D eigenvalue weighted by molar-refractivity contribution is 6.53. The number of nitrogens with two attached hydrogens (primary N) is 1. The van der Waals surface area contributed by atoms with Gasteiger partial charge in [0.05, 0.1) is 22.1 Å². The van der Waals surface area contributed by atoms with Gasteiger partial charge in [-0.15, -0.1) is 23.2 Å². The molecule has 7 nitrogen and oxygen atoms in total. The first-order valence-corrected chi connectivity index (χ1v) is 11.8. The van der Waals surface area contributed by atoms with Crippen molar-refractivity contribution in [3.05, 3.63) is 80.3 Å². The number of amides is 2. The van der Waals surface area contributed by atoms with Gasteiger partial charge in [0.1, 0.15) is 22.0 Å². The second-order valence-corrected chi connectivity index (χ2v) is 10.4. The van der Waals surface area contributed by atoms with Crippen LogP contribution in [0, 0.1) is 17.2 Å². The average Bonchev–Trinajstić information content (AvgIpc) is 3.36. The molecule has 0 spiro atoms. The van der Waals surface area contributed by atoms with E-state index in [1.165, 1.54) is 30.3 Å². The van der Waals surface area contributed by atoms with Gasteiger partial charge < -0.3 is 16.4 Å². The van der Waals surface area contributed by atoms with Crippen LogP contribution in [0.3, 0.4) is 0 Å². The van der Waals surface area contributed by atoms with Crippen molar-refractivity contribution in [3.8, 4) is 6.07 Å². The number of carbonyl (C=O) groups is 2. The molecule has 4 rings (SSSR count). The van der Waals surface area contributed by atoms with Crippen LogP contribution in [-0.2, 0) is 4.79 Å². The van der Waals surface area contributed by atoms with Crippen LogP contribution in [0.5, 0.6) is 0 Å². The van der Waals surface area contributed by atoms with Crippen molar-refractivity contribution in [1.29, 1.82) is 5.26 Å². The summed E-state index contributed by atoms with van der Waals surface area (Å²) in [5, 5.41) is 15.2. The van der Waals surface area contributed by atoms with Crippen LogP contribution in [0.25, 0.3) is 0 Å². The zero-order valence-corrected chi connectivity index (χ0v) is 21.2. The third-order valence-corrected chi connectivity index (χ3v) is 7.05. The van der Waals surface area contributed by atoms with Gasteiger partial charge in [0.15, 0.2) is 0 Å². The van der Waals surface area contributed by atoms with Crippen LogP contribution in [0.1, 0.15) is 27.4 Å². The molecule has 3 aromatic rings. The first-order chi connectivity index (χ1) is 16.5. The molecule has 0 saturated heterocycles. The number of aromatic nitrogens is 1. The molecule has 1 aliphatic carbocycles. The van der Waals surface area contributed by atoms with E-state index in [1.807, 2.05) is 6.07 Å². The van der Waals surface area contributed by atoms with E-state index in [0.717, 1.165) is 0 Å². The lowest BCUT2D eigenvalue weighted by molar-refractivity contribution is -0.117. The summed E-state index contributed by atoms with van der Waals surface area (Å²) in [5.41, 5.74) is 6.88. The van der Waals surface area contributed by atoms with Gasteiger partial charge >= 0.3 is 0 Å². The number of rotatable bonds is 5. The number of nitrogen functional groups attached to an aromatic ring is 1. The SMILES string of the molecule is N#Cc1ccc(NC(=O)c2cc(NC(=O)[C@H]3[C@H](c4cc(Cl)cc(Cl)c4)C3(Cl)Cl)ccc2Cl)nc1N. The Morgan fingerprint density at radius 3 is 2.31 bits per heavy atom. The maximum absolute atomic E-state index is 13.0. The van der Waals surface area contributed by atoms with Gasteiger partial charge in [-0.25, -0.2) is 4.98 Å². The Bertz CT molecular complexity index is 1390. The predicted molar refractivity (Wildman–Crippen MR) is 139 cm³/mol. The number of alkyl halides is 2. The summed E-state index contributed by atoms with van der Waals surface area (Å²) in [6, 6.07) is 14.0. The van der Waals surface area contributed by atoms with Crippen molar-refractivity contribution in [3.63, 3.8) is 0 Å². The molecule has 2 aromatic carbocycles. The highest BCUT2D eigenvalue weighted by Gasteiger charge is 2.67. The Morgan fingerprint density at radius 2 is 1.69 bits per heavy atom. The Hall–Kier alpha value is -2.73. The van der Waals surface area contributed by atoms with E-state index in [-0.39, 0.29) is 27.8 Å². The Kier molecular flexibility index (Phi) is 7.05. The summed E-state index contributed by atoms with van der Waals surface area (Å²) >= 11 is 31.1. The first kappa shape index (κ1) is 25.4. The smallest absolute Gasteiger partial charge is 0.258 e. The second-order valence-electron chi connectivity index (χ2n) is 7.71. The molecule has 2 amide bonds. The van der Waals surface area contributed by atoms with E-state index in [4.69, 9.17) is 69.0 Å². The molecule has 1 aliphatic rings. The monoisotopic (exact) mass is 567 g/mol. The van der Waals surface area contributed by atoms with E-state index < -0.39 is 28.0 Å². The number of nitriles is 1. The summed E-state index contributed by atoms with van der Waals surface area (Å²) in [5.74, 6) is -2.24. The number of halogens is 5. The number of hydrogen-bond acceptors (Lipinski definition) is 5. The van der Waals surface area contributed by atoms with Gasteiger partial charge in [0.25, 0.3) is 5.91 Å². The van der Waals surface area contributed by atoms with Crippen molar-refractivity contribution in [2.75, 3.05) is 16.4 Å². The third kappa shape index (κ3) is 5.27. The fraction of sp³-hybridized carbons (Fsp3) is 0.130. The Morgan fingerprint density at radius 1 is 1.00 bits per heavy atom. The molecule has 35 heavy (non-hydrogen) atoms. The summed E-state index contributed by atoms with van der Waals surface area (Å²) in [7, 11) is 0. The molecule has 12 heteroatoms.